The molecular formula is C29H44N2O. The van der Waals surface area contributed by atoms with Gasteiger partial charge >= 0.3 is 0 Å². The maximum atomic E-state index is 5.88. The van der Waals surface area contributed by atoms with Crippen molar-refractivity contribution in [2.24, 2.45) is 5.92 Å². The van der Waals surface area contributed by atoms with Crippen molar-refractivity contribution in [3.8, 4) is 17.1 Å². The van der Waals surface area contributed by atoms with E-state index in [-0.39, 0.29) is 0 Å². The van der Waals surface area contributed by atoms with E-state index in [9.17, 15) is 0 Å². The lowest BCUT2D eigenvalue weighted by atomic mass is 10.00. The van der Waals surface area contributed by atoms with E-state index < -0.39 is 0 Å². The standard InChI is InChI=1S/C29H44N2O/c1-4-6-7-8-9-10-11-15-22-32-28-20-18-27(19-21-28)29-30-23-26(24-31-29)17-14-12-13-16-25(3)5-2/h8-9,18-21,23-25H,4-7,10-17,22H2,1-3H3/b9-8-/t25-/m0/s1. The van der Waals surface area contributed by atoms with E-state index in [1.54, 1.807) is 0 Å². The number of benzene rings is 1. The van der Waals surface area contributed by atoms with E-state index in [4.69, 9.17) is 4.74 Å². The first-order chi connectivity index (χ1) is 15.7. The molecule has 1 aromatic heterocycles. The lowest BCUT2D eigenvalue weighted by molar-refractivity contribution is 0.307. The molecule has 32 heavy (non-hydrogen) atoms. The summed E-state index contributed by atoms with van der Waals surface area (Å²) in [7, 11) is 0. The minimum Gasteiger partial charge on any atom is -0.494 e. The van der Waals surface area contributed by atoms with Crippen LogP contribution >= 0.6 is 0 Å². The van der Waals surface area contributed by atoms with Crippen LogP contribution < -0.4 is 4.74 Å². The van der Waals surface area contributed by atoms with Crippen LogP contribution in [0.5, 0.6) is 5.75 Å². The predicted octanol–water partition coefficient (Wildman–Crippen LogP) is 8.59. The first-order valence-corrected chi connectivity index (χ1v) is 12.9. The highest BCUT2D eigenvalue weighted by Crippen LogP contribution is 2.20. The molecule has 0 saturated heterocycles. The Balaban J connectivity index is 1.65. The molecule has 2 rings (SSSR count). The Kier molecular flexibility index (Phi) is 13.4. The van der Waals surface area contributed by atoms with Crippen LogP contribution in [0.2, 0.25) is 0 Å². The van der Waals surface area contributed by atoms with Crippen molar-refractivity contribution in [3.63, 3.8) is 0 Å². The lowest BCUT2D eigenvalue weighted by Gasteiger charge is -2.08. The SMILES string of the molecule is CCCC/C=C\CCCCOc1ccc(-c2ncc(CCCCC[C@@H](C)CC)cn2)cc1. The molecule has 0 fully saturated rings. The molecule has 3 nitrogen and oxygen atoms in total. The maximum Gasteiger partial charge on any atom is 0.159 e. The highest BCUT2D eigenvalue weighted by molar-refractivity contribution is 5.55. The third-order valence-corrected chi connectivity index (χ3v) is 6.10. The van der Waals surface area contributed by atoms with Crippen LogP contribution in [0.3, 0.4) is 0 Å². The zero-order valence-corrected chi connectivity index (χ0v) is 20.7. The van der Waals surface area contributed by atoms with Gasteiger partial charge in [-0.1, -0.05) is 71.4 Å². The monoisotopic (exact) mass is 436 g/mol. The van der Waals surface area contributed by atoms with Crippen molar-refractivity contribution in [2.75, 3.05) is 6.61 Å². The number of ether oxygens (including phenoxy) is 1. The average molecular weight is 437 g/mol. The van der Waals surface area contributed by atoms with Gasteiger partial charge < -0.3 is 4.74 Å². The van der Waals surface area contributed by atoms with Crippen molar-refractivity contribution in [1.82, 2.24) is 9.97 Å². The van der Waals surface area contributed by atoms with Gasteiger partial charge in [-0.15, -0.1) is 0 Å². The van der Waals surface area contributed by atoms with Crippen molar-refractivity contribution >= 4 is 0 Å². The summed E-state index contributed by atoms with van der Waals surface area (Å²) < 4.78 is 5.88. The van der Waals surface area contributed by atoms with E-state index >= 15 is 0 Å². The van der Waals surface area contributed by atoms with E-state index in [1.165, 1.54) is 63.4 Å². The summed E-state index contributed by atoms with van der Waals surface area (Å²) in [6.45, 7) is 7.63. The van der Waals surface area contributed by atoms with Gasteiger partial charge in [0.05, 0.1) is 6.61 Å². The van der Waals surface area contributed by atoms with E-state index in [0.717, 1.165) is 48.9 Å². The van der Waals surface area contributed by atoms with Crippen LogP contribution in [0.1, 0.15) is 97.0 Å². The fourth-order valence-corrected chi connectivity index (χ4v) is 3.65. The molecule has 176 valence electrons. The van der Waals surface area contributed by atoms with Crippen LogP contribution in [-0.2, 0) is 6.42 Å². The Bertz CT molecular complexity index is 737. The van der Waals surface area contributed by atoms with E-state index in [2.05, 4.69) is 55.0 Å². The zero-order valence-electron chi connectivity index (χ0n) is 20.7. The molecule has 0 bridgehead atoms. The van der Waals surface area contributed by atoms with E-state index in [1.807, 2.05) is 24.5 Å². The Morgan fingerprint density at radius 1 is 0.844 bits per heavy atom. The quantitative estimate of drug-likeness (QED) is 0.184. The van der Waals surface area contributed by atoms with Crippen LogP contribution in [0, 0.1) is 5.92 Å². The number of nitrogens with zero attached hydrogens (tertiary/aromatic N) is 2. The van der Waals surface area contributed by atoms with Gasteiger partial charge in [-0.3, -0.25) is 0 Å². The molecule has 1 atom stereocenters. The summed E-state index contributed by atoms with van der Waals surface area (Å²) in [6, 6.07) is 8.15. The predicted molar refractivity (Wildman–Crippen MR) is 137 cm³/mol. The smallest absolute Gasteiger partial charge is 0.159 e. The Morgan fingerprint density at radius 2 is 1.56 bits per heavy atom. The number of rotatable bonds is 17. The molecule has 0 spiro atoms. The van der Waals surface area contributed by atoms with Crippen molar-refractivity contribution < 1.29 is 4.74 Å². The van der Waals surface area contributed by atoms with Gasteiger partial charge in [-0.25, -0.2) is 9.97 Å². The first-order valence-electron chi connectivity index (χ1n) is 12.9. The minimum atomic E-state index is 0.769. The zero-order chi connectivity index (χ0) is 22.9. The number of aromatic nitrogens is 2. The number of hydrogen-bond donors (Lipinski definition) is 0. The summed E-state index contributed by atoms with van der Waals surface area (Å²) in [5, 5.41) is 0. The largest absolute Gasteiger partial charge is 0.494 e. The normalized spacial score (nSPS) is 12.3. The molecule has 1 heterocycles. The Labute approximate surface area is 196 Å². The molecule has 0 unspecified atom stereocenters. The maximum absolute atomic E-state index is 5.88. The second kappa shape index (κ2) is 16.5. The Morgan fingerprint density at radius 3 is 2.25 bits per heavy atom. The molecule has 0 radical (unpaired) electrons. The lowest BCUT2D eigenvalue weighted by Crippen LogP contribution is -1.97. The summed E-state index contributed by atoms with van der Waals surface area (Å²) in [5.74, 6) is 2.56. The molecule has 0 amide bonds. The highest BCUT2D eigenvalue weighted by Gasteiger charge is 2.04. The van der Waals surface area contributed by atoms with Gasteiger partial charge in [0.15, 0.2) is 5.82 Å². The molecule has 0 aliphatic rings. The summed E-state index contributed by atoms with van der Waals surface area (Å²) >= 11 is 0. The Hall–Kier alpha value is -2.16. The summed E-state index contributed by atoms with van der Waals surface area (Å²) in [4.78, 5) is 9.17. The van der Waals surface area contributed by atoms with Gasteiger partial charge in [0.25, 0.3) is 0 Å². The van der Waals surface area contributed by atoms with Gasteiger partial charge in [0.1, 0.15) is 5.75 Å². The minimum absolute atomic E-state index is 0.769. The van der Waals surface area contributed by atoms with E-state index in [0.29, 0.717) is 0 Å². The molecule has 0 aliphatic carbocycles. The fourth-order valence-electron chi connectivity index (χ4n) is 3.65. The van der Waals surface area contributed by atoms with Gasteiger partial charge in [-0.05, 0) is 74.3 Å². The molecule has 0 aliphatic heterocycles. The molecule has 1 aromatic carbocycles. The number of hydrogen-bond acceptors (Lipinski definition) is 3. The second-order valence-electron chi connectivity index (χ2n) is 9.01. The van der Waals surface area contributed by atoms with Crippen molar-refractivity contribution in [3.05, 3.63) is 54.4 Å². The van der Waals surface area contributed by atoms with Crippen LogP contribution in [0.15, 0.2) is 48.8 Å². The molecule has 0 saturated carbocycles. The van der Waals surface area contributed by atoms with Crippen molar-refractivity contribution in [1.29, 1.82) is 0 Å². The first kappa shape index (κ1) is 26.1. The second-order valence-corrected chi connectivity index (χ2v) is 9.01. The van der Waals surface area contributed by atoms with Crippen molar-refractivity contribution in [2.45, 2.75) is 97.8 Å². The number of aryl methyl sites for hydroxylation is 1. The van der Waals surface area contributed by atoms with Crippen LogP contribution in [0.25, 0.3) is 11.4 Å². The third-order valence-electron chi connectivity index (χ3n) is 6.10. The molecule has 0 N–H and O–H groups in total. The van der Waals surface area contributed by atoms with Crippen LogP contribution in [0.4, 0.5) is 0 Å². The fraction of sp³-hybridized carbons (Fsp3) is 0.586. The highest BCUT2D eigenvalue weighted by atomic mass is 16.5. The van der Waals surface area contributed by atoms with Gasteiger partial charge in [0.2, 0.25) is 0 Å². The van der Waals surface area contributed by atoms with Gasteiger partial charge in [-0.2, -0.15) is 0 Å². The van der Waals surface area contributed by atoms with Gasteiger partial charge in [0, 0.05) is 18.0 Å². The van der Waals surface area contributed by atoms with Crippen LogP contribution in [-0.4, -0.2) is 16.6 Å². The topological polar surface area (TPSA) is 35.0 Å². The molecular weight excluding hydrogens is 392 g/mol. The number of allylic oxidation sites excluding steroid dienone is 2. The molecule has 3 heteroatoms. The molecule has 2 aromatic rings. The summed E-state index contributed by atoms with van der Waals surface area (Å²) in [5.41, 5.74) is 2.27. The summed E-state index contributed by atoms with van der Waals surface area (Å²) in [6.07, 6.45) is 23.3. The third kappa shape index (κ3) is 10.9. The average Bonchev–Trinajstić information content (AvgIpc) is 2.83. The number of unbranched alkanes of at least 4 members (excludes halogenated alkanes) is 6.